The number of primary amides is 5. The summed E-state index contributed by atoms with van der Waals surface area (Å²) in [5.41, 5.74) is 40.7. The molecule has 0 spiro atoms. The van der Waals surface area contributed by atoms with Crippen LogP contribution in [0, 0.1) is 35.5 Å². The summed E-state index contributed by atoms with van der Waals surface area (Å²) in [6, 6.07) is 9.48. The standard InChI is InChI=1S/C28H45N7O6.C13H14N2O2.C3H5NO/c1-5-16(25(32)38)11-18(9-14(3)23(30)36)27(40)34-20-7-8-22(21(29)13-20)35-28(41)19(10-15(4)24(31)37)12-17(6-2)26(33)39;1-3-11(16)7-9-5-6-10(8-12(9)14)15-13(17)4-2;1-2-3(4)5/h7-8,13-19H,5-6,9-12,29H2,1-4H3,(H2,30,36)(H2,31,37)(H2,32,38)(H2,33,39)(H,34,40)(H,35,41);3-6,8H,1-2,7,14H2,(H,15,17);2H,1H2,(H2,4,5). The van der Waals surface area contributed by atoms with Gasteiger partial charge in [-0.15, -0.1) is 0 Å². The molecule has 19 nitrogen and oxygen atoms in total. The molecule has 2 aromatic rings. The van der Waals surface area contributed by atoms with E-state index in [4.69, 9.17) is 34.4 Å². The lowest BCUT2D eigenvalue weighted by Gasteiger charge is -2.23. The zero-order valence-electron chi connectivity index (χ0n) is 36.4. The van der Waals surface area contributed by atoms with Crippen LogP contribution in [0.4, 0.5) is 28.4 Å². The number of anilines is 5. The second-order valence-corrected chi connectivity index (χ2v) is 14.8. The number of nitrogens with one attached hydrogen (secondary N) is 3. The van der Waals surface area contributed by atoms with E-state index >= 15 is 0 Å². The molecule has 0 aromatic heterocycles. The first kappa shape index (κ1) is 55.7. The normalized spacial score (nSPS) is 13.1. The summed E-state index contributed by atoms with van der Waals surface area (Å²) >= 11 is 0. The Morgan fingerprint density at radius 2 is 0.984 bits per heavy atom. The first-order chi connectivity index (χ1) is 29.4. The van der Waals surface area contributed by atoms with E-state index in [1.165, 1.54) is 30.4 Å². The predicted molar refractivity (Wildman–Crippen MR) is 244 cm³/mol. The lowest BCUT2D eigenvalue weighted by atomic mass is 9.85. The highest BCUT2D eigenvalue weighted by Gasteiger charge is 2.30. The van der Waals surface area contributed by atoms with Crippen molar-refractivity contribution in [2.75, 3.05) is 27.4 Å². The van der Waals surface area contributed by atoms with Gasteiger partial charge in [0, 0.05) is 59.0 Å². The molecule has 0 heterocycles. The van der Waals surface area contributed by atoms with Crippen LogP contribution in [-0.2, 0) is 49.6 Å². The maximum Gasteiger partial charge on any atom is 0.247 e. The van der Waals surface area contributed by atoms with E-state index in [1.807, 2.05) is 0 Å². The minimum Gasteiger partial charge on any atom is -0.398 e. The zero-order valence-corrected chi connectivity index (χ0v) is 36.4. The molecule has 63 heavy (non-hydrogen) atoms. The van der Waals surface area contributed by atoms with Gasteiger partial charge in [0.15, 0.2) is 5.78 Å². The van der Waals surface area contributed by atoms with Crippen molar-refractivity contribution in [2.45, 2.75) is 72.6 Å². The van der Waals surface area contributed by atoms with Crippen LogP contribution in [0.2, 0.25) is 0 Å². The number of hydrogen-bond acceptors (Lipinski definition) is 11. The zero-order chi connectivity index (χ0) is 48.6. The van der Waals surface area contributed by atoms with E-state index in [-0.39, 0.29) is 55.2 Å². The van der Waals surface area contributed by atoms with Gasteiger partial charge >= 0.3 is 0 Å². The van der Waals surface area contributed by atoms with Crippen LogP contribution in [-0.4, -0.2) is 53.0 Å². The van der Waals surface area contributed by atoms with Gasteiger partial charge in [-0.05, 0) is 92.6 Å². The molecule has 2 rings (SSSR count). The largest absolute Gasteiger partial charge is 0.398 e. The fraction of sp³-hybridized carbons (Fsp3) is 0.386. The summed E-state index contributed by atoms with van der Waals surface area (Å²) in [7, 11) is 0. The second-order valence-electron chi connectivity index (χ2n) is 14.8. The summed E-state index contributed by atoms with van der Waals surface area (Å²) < 4.78 is 0. The molecule has 0 fully saturated rings. The number of allylic oxidation sites excluding steroid dienone is 1. The van der Waals surface area contributed by atoms with Crippen LogP contribution >= 0.6 is 0 Å². The molecule has 0 saturated heterocycles. The number of hydrogen-bond donors (Lipinski definition) is 10. The van der Waals surface area contributed by atoms with E-state index in [0.29, 0.717) is 35.5 Å². The Kier molecular flexibility index (Phi) is 25.0. The van der Waals surface area contributed by atoms with E-state index in [2.05, 4.69) is 41.4 Å². The van der Waals surface area contributed by atoms with Crippen molar-refractivity contribution < 1.29 is 43.2 Å². The number of amides is 8. The average Bonchev–Trinajstić information content (AvgIpc) is 3.22. The molecule has 8 amide bonds. The number of carbonyl (C=O) groups is 9. The molecule has 0 aliphatic heterocycles. The Labute approximate surface area is 368 Å². The summed E-state index contributed by atoms with van der Waals surface area (Å²) in [6.45, 7) is 16.6. The lowest BCUT2D eigenvalue weighted by molar-refractivity contribution is -0.127. The van der Waals surface area contributed by atoms with Crippen LogP contribution < -0.4 is 56.1 Å². The van der Waals surface area contributed by atoms with E-state index in [9.17, 15) is 43.2 Å². The van der Waals surface area contributed by atoms with Crippen LogP contribution in [0.5, 0.6) is 0 Å². The quantitative estimate of drug-likeness (QED) is 0.0540. The van der Waals surface area contributed by atoms with Crippen molar-refractivity contribution in [3.05, 3.63) is 79.9 Å². The fourth-order valence-electron chi connectivity index (χ4n) is 5.88. The summed E-state index contributed by atoms with van der Waals surface area (Å²) in [4.78, 5) is 105. The molecule has 0 aliphatic carbocycles. The summed E-state index contributed by atoms with van der Waals surface area (Å²) in [6.07, 6.45) is 5.09. The summed E-state index contributed by atoms with van der Waals surface area (Å²) in [5, 5.41) is 8.06. The van der Waals surface area contributed by atoms with Gasteiger partial charge < -0.3 is 56.1 Å². The van der Waals surface area contributed by atoms with Gasteiger partial charge in [-0.2, -0.15) is 0 Å². The SMILES string of the molecule is C=CC(=O)Cc1ccc(NC(=O)C=C)cc1N.C=CC(N)=O.CCC(CC(CC(C)C(N)=O)C(=O)Nc1ccc(NC(=O)C(CC(C)C(N)=O)CC(CC)C(N)=O)c(N)c1)C(N)=O. The van der Waals surface area contributed by atoms with Crippen molar-refractivity contribution >= 4 is 81.5 Å². The highest BCUT2D eigenvalue weighted by molar-refractivity contribution is 6.00. The van der Waals surface area contributed by atoms with Crippen LogP contribution in [0.3, 0.4) is 0 Å². The lowest BCUT2D eigenvalue weighted by Crippen LogP contribution is -2.34. The molecule has 344 valence electrons. The first-order valence-electron chi connectivity index (χ1n) is 20.0. The number of nitrogen functional groups attached to an aromatic ring is 2. The first-order valence-corrected chi connectivity index (χ1v) is 20.0. The van der Waals surface area contributed by atoms with Gasteiger partial charge in [0.1, 0.15) is 0 Å². The Balaban J connectivity index is 0.00000143. The number of nitrogens with two attached hydrogens (primary N) is 7. The number of carbonyl (C=O) groups excluding carboxylic acids is 9. The molecule has 2 aromatic carbocycles. The number of ketones is 1. The van der Waals surface area contributed by atoms with Crippen LogP contribution in [0.1, 0.15) is 71.8 Å². The van der Waals surface area contributed by atoms with Gasteiger partial charge in [0.25, 0.3) is 0 Å². The van der Waals surface area contributed by atoms with Gasteiger partial charge in [0.2, 0.25) is 47.3 Å². The van der Waals surface area contributed by atoms with Gasteiger partial charge in [-0.1, -0.05) is 53.5 Å². The molecule has 0 radical (unpaired) electrons. The number of rotatable bonds is 24. The minimum absolute atomic E-state index is 0.0976. The molecule has 0 bridgehead atoms. The van der Waals surface area contributed by atoms with Crippen LogP contribution in [0.15, 0.2) is 74.4 Å². The highest BCUT2D eigenvalue weighted by Crippen LogP contribution is 2.29. The third kappa shape index (κ3) is 21.2. The molecule has 19 heteroatoms. The minimum atomic E-state index is -0.738. The maximum atomic E-state index is 13.2. The fourth-order valence-corrected chi connectivity index (χ4v) is 5.88. The smallest absolute Gasteiger partial charge is 0.247 e. The summed E-state index contributed by atoms with van der Waals surface area (Å²) in [5.74, 6) is -7.79. The third-order valence-corrected chi connectivity index (χ3v) is 9.89. The Morgan fingerprint density at radius 3 is 1.35 bits per heavy atom. The van der Waals surface area contributed by atoms with Gasteiger partial charge in [-0.25, -0.2) is 0 Å². The van der Waals surface area contributed by atoms with E-state index in [0.717, 1.165) is 6.08 Å². The molecular formula is C44H64N10O9. The van der Waals surface area contributed by atoms with E-state index < -0.39 is 76.9 Å². The molecule has 17 N–H and O–H groups in total. The predicted octanol–water partition coefficient (Wildman–Crippen LogP) is 2.55. The van der Waals surface area contributed by atoms with Crippen molar-refractivity contribution in [1.29, 1.82) is 0 Å². The second kappa shape index (κ2) is 28.3. The molecule has 0 saturated carbocycles. The highest BCUT2D eigenvalue weighted by atomic mass is 16.2. The van der Waals surface area contributed by atoms with Gasteiger partial charge in [-0.3, -0.25) is 43.2 Å². The third-order valence-electron chi connectivity index (χ3n) is 9.89. The Hall–Kier alpha value is -7.31. The van der Waals surface area contributed by atoms with Crippen molar-refractivity contribution in [2.24, 2.45) is 64.2 Å². The number of benzene rings is 2. The Bertz CT molecular complexity index is 2000. The van der Waals surface area contributed by atoms with Crippen molar-refractivity contribution in [1.82, 2.24) is 0 Å². The van der Waals surface area contributed by atoms with Gasteiger partial charge in [0.05, 0.1) is 11.4 Å². The molecular weight excluding hydrogens is 813 g/mol. The average molecular weight is 877 g/mol. The topological polar surface area (TPSA) is 372 Å². The van der Waals surface area contributed by atoms with Crippen molar-refractivity contribution in [3.8, 4) is 0 Å². The van der Waals surface area contributed by atoms with E-state index in [1.54, 1.807) is 45.9 Å². The van der Waals surface area contributed by atoms with Crippen LogP contribution in [0.25, 0.3) is 0 Å². The molecule has 6 unspecified atom stereocenters. The van der Waals surface area contributed by atoms with Crippen molar-refractivity contribution in [3.63, 3.8) is 0 Å². The maximum absolute atomic E-state index is 13.2. The monoisotopic (exact) mass is 876 g/mol. The molecule has 6 atom stereocenters. The molecule has 0 aliphatic rings. The Morgan fingerprint density at radius 1 is 0.556 bits per heavy atom.